The number of aromatic hydroxyl groups is 1. The standard InChI is InChI=1S/C58H66F3N9O6/c1-33(34-13-15-35(16-14-34)36-17-19-38(59)20-18-36)63-55(74)47-27-43(72)31-70(47)56(75)53(58(2,3)4)65-48(73)12-5-6-23-68-24-8-10-41(68)32-76-57-66-52-45(54(67-57)69-29-39-21-22-40(30-69)64-39)28-62-51(50(52)61)44-26-42(71)25-37-9-7-11-46(60)49(37)44/h7,9,11,13-20,25-26,28,33,39-41,43,47,53,64,71-72H,5-6,8,10,12,21-24,27,29-32H2,1-4H3,(H,63,74)(H,65,73)/t33-,39?,40?,41-,43+,47-,53+/m0/s1. The Bertz CT molecular complexity index is 3110. The highest BCUT2D eigenvalue weighted by Gasteiger charge is 2.45. The second-order valence-corrected chi connectivity index (χ2v) is 22.1. The summed E-state index contributed by atoms with van der Waals surface area (Å²) in [7, 11) is 0. The fourth-order valence-corrected chi connectivity index (χ4v) is 11.5. The van der Waals surface area contributed by atoms with Crippen LogP contribution in [0.25, 0.3) is 44.1 Å². The number of pyridine rings is 1. The van der Waals surface area contributed by atoms with Crippen molar-refractivity contribution in [2.24, 2.45) is 5.41 Å². The maximum absolute atomic E-state index is 17.0. The Kier molecular flexibility index (Phi) is 15.2. The lowest BCUT2D eigenvalue weighted by atomic mass is 9.85. The molecule has 15 nitrogen and oxygen atoms in total. The van der Waals surface area contributed by atoms with Crippen molar-refractivity contribution in [3.8, 4) is 34.1 Å². The summed E-state index contributed by atoms with van der Waals surface area (Å²) in [5.41, 5.74) is 1.81. The van der Waals surface area contributed by atoms with E-state index in [0.29, 0.717) is 49.1 Å². The van der Waals surface area contributed by atoms with Gasteiger partial charge in [-0.25, -0.2) is 13.2 Å². The van der Waals surface area contributed by atoms with Crippen molar-refractivity contribution in [1.29, 1.82) is 0 Å². The zero-order valence-electron chi connectivity index (χ0n) is 43.4. The number of carbonyl (C=O) groups excluding carboxylic acids is 3. The molecule has 76 heavy (non-hydrogen) atoms. The Balaban J connectivity index is 0.760. The number of rotatable bonds is 16. The summed E-state index contributed by atoms with van der Waals surface area (Å²) in [6.45, 7) is 10.5. The van der Waals surface area contributed by atoms with Crippen LogP contribution in [0, 0.1) is 22.9 Å². The van der Waals surface area contributed by atoms with Gasteiger partial charge in [-0.2, -0.15) is 9.97 Å². The molecule has 6 aromatic rings. The fraction of sp³-hybridized carbons (Fsp3) is 0.448. The van der Waals surface area contributed by atoms with Gasteiger partial charge in [0.15, 0.2) is 5.82 Å². The largest absolute Gasteiger partial charge is 0.508 e. The molecule has 4 fully saturated rings. The number of aliphatic hydroxyl groups excluding tert-OH is 1. The van der Waals surface area contributed by atoms with Gasteiger partial charge >= 0.3 is 6.01 Å². The van der Waals surface area contributed by atoms with Crippen molar-refractivity contribution in [2.75, 3.05) is 44.2 Å². The number of piperazine rings is 1. The van der Waals surface area contributed by atoms with Gasteiger partial charge in [0.2, 0.25) is 17.7 Å². The zero-order chi connectivity index (χ0) is 53.4. The maximum atomic E-state index is 17.0. The topological polar surface area (TPSA) is 185 Å². The van der Waals surface area contributed by atoms with Crippen molar-refractivity contribution in [2.45, 2.75) is 121 Å². The molecule has 10 rings (SSSR count). The minimum atomic E-state index is -0.956. The monoisotopic (exact) mass is 1040 g/mol. The molecular formula is C58H66F3N9O6. The first-order chi connectivity index (χ1) is 36.5. The number of phenols is 1. The second kappa shape index (κ2) is 22.0. The lowest BCUT2D eigenvalue weighted by Crippen LogP contribution is -2.57. The van der Waals surface area contributed by atoms with Gasteiger partial charge in [-0.05, 0) is 116 Å². The Labute approximate surface area is 440 Å². The van der Waals surface area contributed by atoms with Gasteiger partial charge in [0.1, 0.15) is 53.1 Å². The van der Waals surface area contributed by atoms with Crippen LogP contribution in [0.2, 0.25) is 0 Å². The molecule has 0 aliphatic carbocycles. The highest BCUT2D eigenvalue weighted by atomic mass is 19.1. The van der Waals surface area contributed by atoms with E-state index in [1.807, 2.05) is 52.0 Å². The van der Waals surface area contributed by atoms with Crippen LogP contribution < -0.4 is 25.6 Å². The first-order valence-electron chi connectivity index (χ1n) is 26.6. The molecule has 0 radical (unpaired) electrons. The maximum Gasteiger partial charge on any atom is 0.319 e. The zero-order valence-corrected chi connectivity index (χ0v) is 43.4. The number of β-amino-alcohol motifs (C(OH)–C–C–N with tert-alkyl or cyclic N) is 1. The normalized spacial score (nSPS) is 21.6. The van der Waals surface area contributed by atoms with Gasteiger partial charge in [-0.15, -0.1) is 0 Å². The van der Waals surface area contributed by atoms with E-state index >= 15 is 8.78 Å². The lowest BCUT2D eigenvalue weighted by Gasteiger charge is -2.35. The summed E-state index contributed by atoms with van der Waals surface area (Å²) in [5.74, 6) is -2.43. The summed E-state index contributed by atoms with van der Waals surface area (Å²) in [4.78, 5) is 61.6. The smallest absolute Gasteiger partial charge is 0.319 e. The number of phenolic OH excluding ortho intramolecular Hbond substituents is 1. The number of likely N-dealkylation sites (tertiary alicyclic amines) is 2. The lowest BCUT2D eigenvalue weighted by molar-refractivity contribution is -0.144. The Morgan fingerprint density at radius 2 is 1.62 bits per heavy atom. The third-order valence-corrected chi connectivity index (χ3v) is 15.6. The minimum Gasteiger partial charge on any atom is -0.508 e. The van der Waals surface area contributed by atoms with E-state index in [9.17, 15) is 29.0 Å². The van der Waals surface area contributed by atoms with E-state index in [-0.39, 0.29) is 89.8 Å². The highest BCUT2D eigenvalue weighted by Crippen LogP contribution is 2.39. The number of anilines is 1. The number of carbonyl (C=O) groups is 3. The van der Waals surface area contributed by atoms with Crippen LogP contribution >= 0.6 is 0 Å². The molecule has 2 unspecified atom stereocenters. The van der Waals surface area contributed by atoms with E-state index in [2.05, 4.69) is 35.7 Å². The van der Waals surface area contributed by atoms with Crippen molar-refractivity contribution in [3.05, 3.63) is 108 Å². The van der Waals surface area contributed by atoms with E-state index in [4.69, 9.17) is 9.72 Å². The van der Waals surface area contributed by atoms with E-state index < -0.39 is 53.1 Å². The Hall–Kier alpha value is -6.89. The van der Waals surface area contributed by atoms with Gasteiger partial charge in [0.05, 0.1) is 17.5 Å². The van der Waals surface area contributed by atoms with Crippen LogP contribution in [0.4, 0.5) is 19.0 Å². The first kappa shape index (κ1) is 52.5. The molecule has 5 N–H and O–H groups in total. The van der Waals surface area contributed by atoms with Crippen LogP contribution in [0.3, 0.4) is 0 Å². The molecule has 3 amide bonds. The molecular weight excluding hydrogens is 976 g/mol. The number of nitrogens with one attached hydrogen (secondary N) is 3. The summed E-state index contributed by atoms with van der Waals surface area (Å²) in [6, 6.07) is 19.2. The molecule has 18 heteroatoms. The van der Waals surface area contributed by atoms with E-state index in [0.717, 1.165) is 48.9 Å². The summed E-state index contributed by atoms with van der Waals surface area (Å²) >= 11 is 0. The molecule has 7 atom stereocenters. The molecule has 4 aromatic carbocycles. The van der Waals surface area contributed by atoms with Crippen molar-refractivity contribution < 1.29 is 42.5 Å². The molecule has 2 bridgehead atoms. The summed E-state index contributed by atoms with van der Waals surface area (Å²) < 4.78 is 52.2. The molecule has 2 aromatic heterocycles. The molecule has 6 heterocycles. The van der Waals surface area contributed by atoms with Crippen LogP contribution in [-0.2, 0) is 14.4 Å². The number of hydrogen-bond donors (Lipinski definition) is 5. The molecule has 4 saturated heterocycles. The molecule has 4 aliphatic heterocycles. The van der Waals surface area contributed by atoms with E-state index in [1.54, 1.807) is 18.2 Å². The molecule has 400 valence electrons. The fourth-order valence-electron chi connectivity index (χ4n) is 11.5. The van der Waals surface area contributed by atoms with Gasteiger partial charge in [-0.1, -0.05) is 69.3 Å². The van der Waals surface area contributed by atoms with Crippen molar-refractivity contribution in [1.82, 2.24) is 40.7 Å². The number of amides is 3. The van der Waals surface area contributed by atoms with Crippen molar-refractivity contribution in [3.63, 3.8) is 0 Å². The number of unbranched alkanes of at least 4 members (excludes halogenated alkanes) is 1. The number of aromatic nitrogens is 3. The first-order valence-corrected chi connectivity index (χ1v) is 26.6. The minimum absolute atomic E-state index is 0.00583. The van der Waals surface area contributed by atoms with Gasteiger partial charge in [0.25, 0.3) is 0 Å². The number of hydrogen-bond acceptors (Lipinski definition) is 12. The second-order valence-electron chi connectivity index (χ2n) is 22.1. The highest BCUT2D eigenvalue weighted by molar-refractivity contribution is 6.00. The SMILES string of the molecule is C[C@H](NC(=O)[C@@H]1C[C@@H](O)CN1C(=O)[C@@H](NC(=O)CCCCN1CCC[C@H]1COc1nc(N2CC3CCC(C2)N3)c2cnc(-c3cc(O)cc4cccc(F)c34)c(F)c2n1)C(C)(C)C)c1ccc(-c2ccc(F)cc2)cc1. The van der Waals surface area contributed by atoms with Crippen LogP contribution in [0.5, 0.6) is 11.8 Å². The van der Waals surface area contributed by atoms with Gasteiger partial charge in [0, 0.05) is 67.7 Å². The predicted molar refractivity (Wildman–Crippen MR) is 284 cm³/mol. The molecule has 0 spiro atoms. The van der Waals surface area contributed by atoms with Gasteiger partial charge in [-0.3, -0.25) is 24.3 Å². The third kappa shape index (κ3) is 11.3. The summed E-state index contributed by atoms with van der Waals surface area (Å²) in [6.07, 6.45) is 5.92. The predicted octanol–water partition coefficient (Wildman–Crippen LogP) is 7.96. The molecule has 0 saturated carbocycles. The Morgan fingerprint density at radius 1 is 0.895 bits per heavy atom. The Morgan fingerprint density at radius 3 is 2.34 bits per heavy atom. The molecule has 4 aliphatic rings. The van der Waals surface area contributed by atoms with Crippen LogP contribution in [0.1, 0.15) is 90.7 Å². The van der Waals surface area contributed by atoms with Crippen molar-refractivity contribution >= 4 is 45.2 Å². The van der Waals surface area contributed by atoms with E-state index in [1.165, 1.54) is 47.5 Å². The number of halogens is 3. The quantitative estimate of drug-likeness (QED) is 0.0591. The number of fused-ring (bicyclic) bond motifs is 4. The van der Waals surface area contributed by atoms with Crippen LogP contribution in [0.15, 0.2) is 85.1 Å². The third-order valence-electron chi connectivity index (χ3n) is 15.6. The summed E-state index contributed by atoms with van der Waals surface area (Å²) in [5, 5.41) is 31.9. The van der Waals surface area contributed by atoms with Crippen LogP contribution in [-0.4, -0.2) is 128 Å². The number of aliphatic hydroxyl groups is 1. The number of benzene rings is 4. The van der Waals surface area contributed by atoms with Gasteiger partial charge < -0.3 is 40.7 Å². The average Bonchev–Trinajstić information content (AvgIpc) is 4.13. The number of ether oxygens (including phenoxy) is 1. The average molecular weight is 1040 g/mol. The number of nitrogens with zero attached hydrogens (tertiary/aromatic N) is 6.